The first kappa shape index (κ1) is 14.2. The summed E-state index contributed by atoms with van der Waals surface area (Å²) in [5.74, 6) is 0.262. The molecule has 8 heteroatoms. The summed E-state index contributed by atoms with van der Waals surface area (Å²) in [4.78, 5) is 15.6. The van der Waals surface area contributed by atoms with Gasteiger partial charge < -0.3 is 10.6 Å². The minimum Gasteiger partial charge on any atom is -0.356 e. The van der Waals surface area contributed by atoms with Crippen LogP contribution in [-0.2, 0) is 6.18 Å². The van der Waals surface area contributed by atoms with E-state index in [4.69, 9.17) is 0 Å². The molecule has 0 spiro atoms. The Morgan fingerprint density at radius 1 is 1.25 bits per heavy atom. The van der Waals surface area contributed by atoms with Crippen molar-refractivity contribution in [3.05, 3.63) is 29.8 Å². The number of aliphatic imine (C=N–C) groups is 1. The fraction of sp³-hybridized carbons (Fsp3) is 0.333. The maximum absolute atomic E-state index is 12.7. The van der Waals surface area contributed by atoms with Crippen LogP contribution in [0.5, 0.6) is 0 Å². The van der Waals surface area contributed by atoms with Crippen molar-refractivity contribution in [3.8, 4) is 0 Å². The van der Waals surface area contributed by atoms with Crippen molar-refractivity contribution in [1.82, 2.24) is 10.6 Å². The van der Waals surface area contributed by atoms with Crippen molar-refractivity contribution in [2.45, 2.75) is 12.6 Å². The molecule has 0 radical (unpaired) electrons. The standard InChI is InChI=1S/C12H13F3N4O/c13-12(14,15)8-4-1-2-5-9(8)18-11(20)19-10-16-6-3-7-17-10/h1-2,4-5H,3,6-7H2,(H3,16,17,18,19,20). The van der Waals surface area contributed by atoms with Crippen molar-refractivity contribution < 1.29 is 18.0 Å². The summed E-state index contributed by atoms with van der Waals surface area (Å²) in [6.07, 6.45) is -3.67. The molecular weight excluding hydrogens is 273 g/mol. The number of rotatable bonds is 1. The van der Waals surface area contributed by atoms with Crippen molar-refractivity contribution in [1.29, 1.82) is 0 Å². The Hall–Kier alpha value is -2.25. The van der Waals surface area contributed by atoms with E-state index in [0.717, 1.165) is 12.5 Å². The summed E-state index contributed by atoms with van der Waals surface area (Å²) in [5.41, 5.74) is -1.19. The second kappa shape index (κ2) is 5.81. The Morgan fingerprint density at radius 2 is 2.00 bits per heavy atom. The lowest BCUT2D eigenvalue weighted by Crippen LogP contribution is -2.45. The van der Waals surface area contributed by atoms with Crippen LogP contribution in [0.3, 0.4) is 0 Å². The topological polar surface area (TPSA) is 65.5 Å². The fourth-order valence-electron chi connectivity index (χ4n) is 1.72. The molecule has 0 saturated carbocycles. The van der Waals surface area contributed by atoms with E-state index in [2.05, 4.69) is 20.9 Å². The summed E-state index contributed by atoms with van der Waals surface area (Å²) >= 11 is 0. The van der Waals surface area contributed by atoms with Gasteiger partial charge in [-0.1, -0.05) is 12.1 Å². The van der Waals surface area contributed by atoms with Gasteiger partial charge >= 0.3 is 12.2 Å². The zero-order valence-electron chi connectivity index (χ0n) is 10.4. The lowest BCUT2D eigenvalue weighted by Gasteiger charge is -2.17. The van der Waals surface area contributed by atoms with Crippen LogP contribution in [0, 0.1) is 0 Å². The molecule has 5 nitrogen and oxygen atoms in total. The molecule has 0 aliphatic carbocycles. The number of halogens is 3. The maximum Gasteiger partial charge on any atom is 0.418 e. The Kier molecular flexibility index (Phi) is 4.11. The third-order valence-corrected chi connectivity index (χ3v) is 2.61. The van der Waals surface area contributed by atoms with Gasteiger partial charge in [-0.2, -0.15) is 13.2 Å². The fourth-order valence-corrected chi connectivity index (χ4v) is 1.72. The number of hydrogen-bond acceptors (Lipinski definition) is 3. The summed E-state index contributed by atoms with van der Waals surface area (Å²) < 4.78 is 38.2. The number of nitrogens with one attached hydrogen (secondary N) is 3. The first-order valence-electron chi connectivity index (χ1n) is 5.99. The predicted molar refractivity (Wildman–Crippen MR) is 68.5 cm³/mol. The number of urea groups is 1. The van der Waals surface area contributed by atoms with Crippen LogP contribution in [0.25, 0.3) is 0 Å². The van der Waals surface area contributed by atoms with E-state index in [-0.39, 0.29) is 11.6 Å². The van der Waals surface area contributed by atoms with E-state index in [9.17, 15) is 18.0 Å². The molecule has 1 aromatic rings. The highest BCUT2D eigenvalue weighted by Crippen LogP contribution is 2.34. The predicted octanol–water partition coefficient (Wildman–Crippen LogP) is 2.18. The molecule has 0 aromatic heterocycles. The normalized spacial score (nSPS) is 15.1. The molecule has 1 heterocycles. The zero-order valence-corrected chi connectivity index (χ0v) is 10.4. The lowest BCUT2D eigenvalue weighted by atomic mass is 10.1. The molecule has 1 aliphatic rings. The molecule has 1 aliphatic heterocycles. The van der Waals surface area contributed by atoms with Gasteiger partial charge in [0.05, 0.1) is 11.3 Å². The Labute approximate surface area is 113 Å². The highest BCUT2D eigenvalue weighted by molar-refractivity contribution is 6.02. The molecule has 108 valence electrons. The Balaban J connectivity index is 2.06. The van der Waals surface area contributed by atoms with Crippen molar-refractivity contribution in [3.63, 3.8) is 0 Å². The van der Waals surface area contributed by atoms with Gasteiger partial charge in [0, 0.05) is 13.1 Å². The SMILES string of the molecule is O=C(NC1=NCCCN1)Nc1ccccc1C(F)(F)F. The van der Waals surface area contributed by atoms with Crippen LogP contribution in [0.1, 0.15) is 12.0 Å². The second-order valence-corrected chi connectivity index (χ2v) is 4.13. The molecule has 3 N–H and O–H groups in total. The summed E-state index contributed by atoms with van der Waals surface area (Å²) in [6.45, 7) is 1.24. The van der Waals surface area contributed by atoms with Gasteiger partial charge in [0.2, 0.25) is 0 Å². The third kappa shape index (κ3) is 3.62. The van der Waals surface area contributed by atoms with E-state index in [1.54, 1.807) is 0 Å². The third-order valence-electron chi connectivity index (χ3n) is 2.61. The number of benzene rings is 1. The number of amides is 2. The van der Waals surface area contributed by atoms with E-state index in [1.165, 1.54) is 18.2 Å². The van der Waals surface area contributed by atoms with Gasteiger partial charge in [-0.15, -0.1) is 0 Å². The number of guanidine groups is 1. The number of carbonyl (C=O) groups is 1. The zero-order chi connectivity index (χ0) is 14.6. The van der Waals surface area contributed by atoms with Crippen LogP contribution >= 0.6 is 0 Å². The maximum atomic E-state index is 12.7. The first-order valence-corrected chi connectivity index (χ1v) is 5.99. The highest BCUT2D eigenvalue weighted by Gasteiger charge is 2.33. The number of hydrogen-bond donors (Lipinski definition) is 3. The number of carbonyl (C=O) groups excluding carboxylic acids is 1. The number of anilines is 1. The minimum atomic E-state index is -4.52. The molecule has 0 bridgehead atoms. The van der Waals surface area contributed by atoms with Gasteiger partial charge in [0.1, 0.15) is 0 Å². The first-order chi connectivity index (χ1) is 9.47. The number of para-hydroxylation sites is 1. The summed E-state index contributed by atoms with van der Waals surface area (Å²) in [5, 5.41) is 7.38. The molecular formula is C12H13F3N4O. The van der Waals surface area contributed by atoms with E-state index in [0.29, 0.717) is 13.1 Å². The quantitative estimate of drug-likeness (QED) is 0.741. The second-order valence-electron chi connectivity index (χ2n) is 4.13. The molecule has 0 saturated heterocycles. The van der Waals surface area contributed by atoms with Gasteiger partial charge in [-0.25, -0.2) is 4.79 Å². The Morgan fingerprint density at radius 3 is 2.65 bits per heavy atom. The number of alkyl halides is 3. The van der Waals surface area contributed by atoms with E-state index >= 15 is 0 Å². The van der Waals surface area contributed by atoms with Crippen molar-refractivity contribution in [2.24, 2.45) is 4.99 Å². The summed E-state index contributed by atoms with van der Waals surface area (Å²) in [6, 6.07) is 4.01. The largest absolute Gasteiger partial charge is 0.418 e. The molecule has 2 amide bonds. The molecule has 0 fully saturated rings. The minimum absolute atomic E-state index is 0.262. The van der Waals surface area contributed by atoms with Gasteiger partial charge in [0.25, 0.3) is 0 Å². The van der Waals surface area contributed by atoms with Crippen molar-refractivity contribution >= 4 is 17.7 Å². The Bertz CT molecular complexity index is 528. The van der Waals surface area contributed by atoms with E-state index < -0.39 is 17.8 Å². The van der Waals surface area contributed by atoms with Gasteiger partial charge in [-0.3, -0.25) is 10.3 Å². The van der Waals surface area contributed by atoms with Crippen LogP contribution < -0.4 is 16.0 Å². The van der Waals surface area contributed by atoms with E-state index in [1.807, 2.05) is 0 Å². The monoisotopic (exact) mass is 286 g/mol. The van der Waals surface area contributed by atoms with Crippen LogP contribution in [0.4, 0.5) is 23.7 Å². The van der Waals surface area contributed by atoms with Gasteiger partial charge in [-0.05, 0) is 18.6 Å². The molecule has 20 heavy (non-hydrogen) atoms. The van der Waals surface area contributed by atoms with Crippen LogP contribution in [0.15, 0.2) is 29.3 Å². The molecule has 2 rings (SSSR count). The molecule has 0 unspecified atom stereocenters. The van der Waals surface area contributed by atoms with Crippen LogP contribution in [-0.4, -0.2) is 25.1 Å². The molecule has 1 aromatic carbocycles. The smallest absolute Gasteiger partial charge is 0.356 e. The summed E-state index contributed by atoms with van der Waals surface area (Å²) in [7, 11) is 0. The van der Waals surface area contributed by atoms with Gasteiger partial charge in [0.15, 0.2) is 5.96 Å². The molecule has 0 atom stereocenters. The average molecular weight is 286 g/mol. The number of nitrogens with zero attached hydrogens (tertiary/aromatic N) is 1. The highest BCUT2D eigenvalue weighted by atomic mass is 19.4. The van der Waals surface area contributed by atoms with Crippen molar-refractivity contribution in [2.75, 3.05) is 18.4 Å². The average Bonchev–Trinajstić information content (AvgIpc) is 2.39. The van der Waals surface area contributed by atoms with Crippen LogP contribution in [0.2, 0.25) is 0 Å². The lowest BCUT2D eigenvalue weighted by molar-refractivity contribution is -0.136.